The first-order valence-corrected chi connectivity index (χ1v) is 9.57. The van der Waals surface area contributed by atoms with Gasteiger partial charge in [0.05, 0.1) is 0 Å². The van der Waals surface area contributed by atoms with Crippen LogP contribution in [0, 0.1) is 6.92 Å². The van der Waals surface area contributed by atoms with Gasteiger partial charge in [0, 0.05) is 19.5 Å². The number of benzene rings is 2. The Hall–Kier alpha value is -1.79. The summed E-state index contributed by atoms with van der Waals surface area (Å²) in [5.74, 6) is 0.659. The molecule has 28 heavy (non-hydrogen) atoms. The van der Waals surface area contributed by atoms with Crippen molar-refractivity contribution >= 4 is 12.4 Å². The van der Waals surface area contributed by atoms with Crippen molar-refractivity contribution in [1.82, 2.24) is 4.90 Å². The number of rotatable bonds is 6. The highest BCUT2D eigenvalue weighted by Crippen LogP contribution is 2.33. The molecule has 1 heterocycles. The van der Waals surface area contributed by atoms with Gasteiger partial charge in [0.25, 0.3) is 0 Å². The summed E-state index contributed by atoms with van der Waals surface area (Å²) in [5, 5.41) is 31.9. The molecule has 1 aliphatic heterocycles. The molecule has 3 N–H and O–H groups in total. The van der Waals surface area contributed by atoms with E-state index in [-0.39, 0.29) is 18.2 Å². The average Bonchev–Trinajstić information content (AvgIpc) is 2.65. The number of piperidine rings is 1. The van der Waals surface area contributed by atoms with Crippen molar-refractivity contribution in [3.63, 3.8) is 0 Å². The molecule has 1 fully saturated rings. The molecule has 0 radical (unpaired) electrons. The summed E-state index contributed by atoms with van der Waals surface area (Å²) >= 11 is 0. The molecule has 3 unspecified atom stereocenters. The summed E-state index contributed by atoms with van der Waals surface area (Å²) in [6, 6.07) is 14.4. The summed E-state index contributed by atoms with van der Waals surface area (Å²) in [6.45, 7) is 5.46. The summed E-state index contributed by atoms with van der Waals surface area (Å²) in [6.07, 6.45) is 0.152. The van der Waals surface area contributed by atoms with Gasteiger partial charge < -0.3 is 20.1 Å². The average molecular weight is 408 g/mol. The third kappa shape index (κ3) is 5.17. The van der Waals surface area contributed by atoms with Crippen molar-refractivity contribution in [3.05, 3.63) is 59.7 Å². The van der Waals surface area contributed by atoms with E-state index in [1.165, 1.54) is 17.7 Å². The number of ether oxygens (including phenoxy) is 1. The third-order valence-corrected chi connectivity index (χ3v) is 5.25. The standard InChI is InChI=1S/C22H29NO4.ClH/c1-3-13-23-14-12-22(26,15-17-6-4-16(2)5-7-17)20(21(23)25)27-19-10-8-18(24)9-11-19;/h4-11,20-21,24-26H,3,12-15H2,1-2H3;1H. The number of aryl methyl sites for hydroxylation is 1. The van der Waals surface area contributed by atoms with E-state index < -0.39 is 17.9 Å². The molecule has 154 valence electrons. The summed E-state index contributed by atoms with van der Waals surface area (Å²) in [4.78, 5) is 1.95. The lowest BCUT2D eigenvalue weighted by Gasteiger charge is -2.47. The van der Waals surface area contributed by atoms with Crippen LogP contribution in [0.5, 0.6) is 11.5 Å². The van der Waals surface area contributed by atoms with Gasteiger partial charge in [-0.05, 0) is 49.6 Å². The van der Waals surface area contributed by atoms with Crippen molar-refractivity contribution < 1.29 is 20.1 Å². The van der Waals surface area contributed by atoms with Crippen LogP contribution in [0.25, 0.3) is 0 Å². The number of likely N-dealkylation sites (tertiary alicyclic amines) is 1. The molecule has 1 aliphatic rings. The van der Waals surface area contributed by atoms with E-state index >= 15 is 0 Å². The molecule has 0 aliphatic carbocycles. The molecule has 1 saturated heterocycles. The lowest BCUT2D eigenvalue weighted by molar-refractivity contribution is -0.192. The van der Waals surface area contributed by atoms with Crippen LogP contribution in [0.1, 0.15) is 30.9 Å². The minimum absolute atomic E-state index is 0. The van der Waals surface area contributed by atoms with Gasteiger partial charge in [-0.3, -0.25) is 4.90 Å². The predicted octanol–water partition coefficient (Wildman–Crippen LogP) is 3.28. The van der Waals surface area contributed by atoms with Gasteiger partial charge in [-0.15, -0.1) is 12.4 Å². The van der Waals surface area contributed by atoms with Gasteiger partial charge in [0.1, 0.15) is 23.3 Å². The largest absolute Gasteiger partial charge is 0.508 e. The second kappa shape index (κ2) is 9.61. The summed E-state index contributed by atoms with van der Waals surface area (Å²) in [7, 11) is 0. The Morgan fingerprint density at radius 3 is 2.36 bits per heavy atom. The molecule has 0 bridgehead atoms. The predicted molar refractivity (Wildman–Crippen MR) is 112 cm³/mol. The molecule has 2 aromatic rings. The second-order valence-electron chi connectivity index (χ2n) is 7.50. The van der Waals surface area contributed by atoms with E-state index in [1.807, 2.05) is 36.1 Å². The normalized spacial score (nSPS) is 25.1. The highest BCUT2D eigenvalue weighted by molar-refractivity contribution is 5.85. The van der Waals surface area contributed by atoms with Gasteiger partial charge in [-0.2, -0.15) is 0 Å². The van der Waals surface area contributed by atoms with Crippen LogP contribution in [0.4, 0.5) is 0 Å². The van der Waals surface area contributed by atoms with E-state index in [9.17, 15) is 15.3 Å². The maximum Gasteiger partial charge on any atom is 0.167 e. The molecule has 0 saturated carbocycles. The van der Waals surface area contributed by atoms with E-state index in [0.29, 0.717) is 25.1 Å². The highest BCUT2D eigenvalue weighted by atomic mass is 35.5. The SMILES string of the molecule is CCCN1CCC(O)(Cc2ccc(C)cc2)C(Oc2ccc(O)cc2)C1O.Cl. The van der Waals surface area contributed by atoms with Crippen molar-refractivity contribution in [2.75, 3.05) is 13.1 Å². The Morgan fingerprint density at radius 1 is 1.11 bits per heavy atom. The molecule has 0 aromatic heterocycles. The van der Waals surface area contributed by atoms with E-state index in [2.05, 4.69) is 6.92 Å². The number of phenolic OH excluding ortho intramolecular Hbond substituents is 1. The minimum atomic E-state index is -1.18. The molecule has 3 rings (SSSR count). The third-order valence-electron chi connectivity index (χ3n) is 5.25. The van der Waals surface area contributed by atoms with Gasteiger partial charge in [0.15, 0.2) is 6.10 Å². The number of hydrogen-bond acceptors (Lipinski definition) is 5. The van der Waals surface area contributed by atoms with Crippen LogP contribution in [0.3, 0.4) is 0 Å². The fraction of sp³-hybridized carbons (Fsp3) is 0.455. The second-order valence-corrected chi connectivity index (χ2v) is 7.50. The quantitative estimate of drug-likeness (QED) is 0.685. The maximum absolute atomic E-state index is 11.5. The smallest absolute Gasteiger partial charge is 0.167 e. The van der Waals surface area contributed by atoms with Crippen molar-refractivity contribution in [1.29, 1.82) is 0 Å². The lowest BCUT2D eigenvalue weighted by Crippen LogP contribution is -2.64. The Labute approximate surface area is 173 Å². The van der Waals surface area contributed by atoms with E-state index in [1.54, 1.807) is 12.1 Å². The Morgan fingerprint density at radius 2 is 1.75 bits per heavy atom. The maximum atomic E-state index is 11.5. The van der Waals surface area contributed by atoms with Crippen LogP contribution < -0.4 is 4.74 Å². The van der Waals surface area contributed by atoms with Crippen LogP contribution >= 0.6 is 12.4 Å². The van der Waals surface area contributed by atoms with Gasteiger partial charge >= 0.3 is 0 Å². The zero-order valence-electron chi connectivity index (χ0n) is 16.4. The molecular formula is C22H30ClNO4. The van der Waals surface area contributed by atoms with E-state index in [4.69, 9.17) is 4.74 Å². The number of phenols is 1. The molecule has 5 nitrogen and oxygen atoms in total. The first-order valence-electron chi connectivity index (χ1n) is 9.57. The monoisotopic (exact) mass is 407 g/mol. The fourth-order valence-electron chi connectivity index (χ4n) is 3.70. The van der Waals surface area contributed by atoms with Crippen LogP contribution in [0.15, 0.2) is 48.5 Å². The summed E-state index contributed by atoms with van der Waals surface area (Å²) in [5.41, 5.74) is 0.996. The molecule has 3 atom stereocenters. The number of halogens is 1. The minimum Gasteiger partial charge on any atom is -0.508 e. The Kier molecular flexibility index (Phi) is 7.72. The lowest BCUT2D eigenvalue weighted by atomic mass is 9.81. The number of nitrogens with zero attached hydrogens (tertiary/aromatic N) is 1. The molecule has 6 heteroatoms. The Bertz CT molecular complexity index is 737. The van der Waals surface area contributed by atoms with Gasteiger partial charge in [-0.25, -0.2) is 0 Å². The number of aliphatic hydroxyl groups excluding tert-OH is 1. The first kappa shape index (κ1) is 22.5. The molecule has 2 aromatic carbocycles. The zero-order chi connectivity index (χ0) is 19.4. The van der Waals surface area contributed by atoms with Crippen molar-refractivity contribution in [3.8, 4) is 11.5 Å². The van der Waals surface area contributed by atoms with Crippen LogP contribution in [-0.4, -0.2) is 51.2 Å². The van der Waals surface area contributed by atoms with Crippen molar-refractivity contribution in [2.24, 2.45) is 0 Å². The Balaban J connectivity index is 0.00000280. The highest BCUT2D eigenvalue weighted by Gasteiger charge is 2.48. The van der Waals surface area contributed by atoms with Gasteiger partial charge in [-0.1, -0.05) is 36.8 Å². The zero-order valence-corrected chi connectivity index (χ0v) is 17.2. The summed E-state index contributed by atoms with van der Waals surface area (Å²) < 4.78 is 6.06. The topological polar surface area (TPSA) is 73.2 Å². The van der Waals surface area contributed by atoms with Crippen molar-refractivity contribution in [2.45, 2.75) is 51.0 Å². The molecular weight excluding hydrogens is 378 g/mol. The fourth-order valence-corrected chi connectivity index (χ4v) is 3.70. The molecule has 0 amide bonds. The number of aliphatic hydroxyl groups is 2. The van der Waals surface area contributed by atoms with E-state index in [0.717, 1.165) is 18.5 Å². The first-order chi connectivity index (χ1) is 12.9. The van der Waals surface area contributed by atoms with Gasteiger partial charge in [0.2, 0.25) is 0 Å². The number of hydrogen-bond donors (Lipinski definition) is 3. The molecule has 0 spiro atoms. The number of aromatic hydroxyl groups is 1. The van der Waals surface area contributed by atoms with Crippen LogP contribution in [0.2, 0.25) is 0 Å². The van der Waals surface area contributed by atoms with Crippen LogP contribution in [-0.2, 0) is 6.42 Å².